The van der Waals surface area contributed by atoms with Gasteiger partial charge in [-0.05, 0) is 32.1 Å². The van der Waals surface area contributed by atoms with Crippen molar-refractivity contribution in [1.82, 2.24) is 0 Å². The molecule has 0 radical (unpaired) electrons. The molecule has 8 heteroatoms. The Hall–Kier alpha value is -2.12. The van der Waals surface area contributed by atoms with Gasteiger partial charge in [-0.25, -0.2) is 0 Å². The van der Waals surface area contributed by atoms with Crippen molar-refractivity contribution in [3.05, 3.63) is 0 Å². The van der Waals surface area contributed by atoms with Gasteiger partial charge in [0.05, 0.1) is 28.4 Å². The quantitative estimate of drug-likeness (QED) is 0.0331. The van der Waals surface area contributed by atoms with E-state index in [0.29, 0.717) is 25.7 Å². The molecule has 0 amide bonds. The minimum absolute atomic E-state index is 0.109. The maximum atomic E-state index is 13.1. The van der Waals surface area contributed by atoms with Crippen molar-refractivity contribution in [3.63, 3.8) is 0 Å². The molecule has 0 aliphatic rings. The summed E-state index contributed by atoms with van der Waals surface area (Å²) in [5.41, 5.74) is -2.97. The number of carbonyl (C=O) groups is 4. The first-order valence-electron chi connectivity index (χ1n) is 18.1. The molecule has 8 nitrogen and oxygen atoms in total. The van der Waals surface area contributed by atoms with Gasteiger partial charge in [0.15, 0.2) is 10.8 Å². The van der Waals surface area contributed by atoms with E-state index in [4.69, 9.17) is 18.9 Å². The van der Waals surface area contributed by atoms with Gasteiger partial charge in [0.2, 0.25) is 0 Å². The van der Waals surface area contributed by atoms with E-state index in [1.807, 2.05) is 0 Å². The summed E-state index contributed by atoms with van der Waals surface area (Å²) in [5, 5.41) is 0. The van der Waals surface area contributed by atoms with Crippen molar-refractivity contribution in [2.24, 2.45) is 10.8 Å². The number of hydrogen-bond donors (Lipinski definition) is 0. The molecular weight excluding hydrogens is 572 g/mol. The Bertz CT molecular complexity index is 697. The zero-order valence-electron chi connectivity index (χ0n) is 29.9. The van der Waals surface area contributed by atoms with Gasteiger partial charge in [-0.1, -0.05) is 142 Å². The van der Waals surface area contributed by atoms with Gasteiger partial charge < -0.3 is 18.9 Å². The van der Waals surface area contributed by atoms with Crippen LogP contribution in [0.5, 0.6) is 0 Å². The van der Waals surface area contributed by atoms with Crippen LogP contribution in [-0.4, -0.2) is 52.3 Å². The molecular formula is C37H68O8. The van der Waals surface area contributed by atoms with E-state index in [9.17, 15) is 19.2 Å². The second-order valence-corrected chi connectivity index (χ2v) is 12.8. The minimum Gasteiger partial charge on any atom is -0.468 e. The minimum atomic E-state index is -1.49. The predicted octanol–water partition coefficient (Wildman–Crippen LogP) is 9.44. The number of unbranched alkanes of at least 4 members (excludes halogenated alkanes) is 18. The summed E-state index contributed by atoms with van der Waals surface area (Å²) in [6.07, 6.45) is 23.7. The highest BCUT2D eigenvalue weighted by molar-refractivity contribution is 6.01. The van der Waals surface area contributed by atoms with E-state index < -0.39 is 34.7 Å². The Morgan fingerprint density at radius 3 is 0.756 bits per heavy atom. The van der Waals surface area contributed by atoms with Crippen molar-refractivity contribution in [1.29, 1.82) is 0 Å². The Kier molecular flexibility index (Phi) is 25.8. The molecule has 0 rings (SSSR count). The summed E-state index contributed by atoms with van der Waals surface area (Å²) in [6, 6.07) is 0. The van der Waals surface area contributed by atoms with E-state index in [1.54, 1.807) is 0 Å². The first kappa shape index (κ1) is 42.9. The number of methoxy groups -OCH3 is 4. The smallest absolute Gasteiger partial charge is 0.323 e. The van der Waals surface area contributed by atoms with Crippen LogP contribution < -0.4 is 0 Å². The molecule has 0 aliphatic heterocycles. The summed E-state index contributed by atoms with van der Waals surface area (Å²) in [5.74, 6) is -2.55. The number of ether oxygens (including phenoxy) is 4. The standard InChI is InChI=1S/C37H68O8/c1-7-9-11-13-15-17-19-21-23-25-28-36(32(38)42-3,33(39)43-4)30-27-31-37(34(40)44-5,35(41)45-6)29-26-24-22-20-18-16-14-12-10-8-2/h7-31H2,1-6H3. The highest BCUT2D eigenvalue weighted by Gasteiger charge is 2.51. The normalized spacial score (nSPS) is 11.7. The zero-order valence-corrected chi connectivity index (χ0v) is 29.9. The number of hydrogen-bond acceptors (Lipinski definition) is 8. The summed E-state index contributed by atoms with van der Waals surface area (Å²) in [7, 11) is 5.10. The molecule has 0 N–H and O–H groups in total. The molecule has 45 heavy (non-hydrogen) atoms. The molecule has 0 spiro atoms. The van der Waals surface area contributed by atoms with Gasteiger partial charge in [-0.15, -0.1) is 0 Å². The Balaban J connectivity index is 5.32. The van der Waals surface area contributed by atoms with E-state index in [-0.39, 0.29) is 19.3 Å². The Morgan fingerprint density at radius 1 is 0.333 bits per heavy atom. The van der Waals surface area contributed by atoms with Crippen molar-refractivity contribution >= 4 is 23.9 Å². The predicted molar refractivity (Wildman–Crippen MR) is 180 cm³/mol. The van der Waals surface area contributed by atoms with Crippen molar-refractivity contribution in [3.8, 4) is 0 Å². The first-order chi connectivity index (χ1) is 21.8. The fourth-order valence-corrected chi connectivity index (χ4v) is 6.54. The Labute approximate surface area is 275 Å². The molecule has 0 unspecified atom stereocenters. The van der Waals surface area contributed by atoms with Gasteiger partial charge in [-0.3, -0.25) is 19.2 Å². The van der Waals surface area contributed by atoms with Crippen LogP contribution in [0.2, 0.25) is 0 Å². The lowest BCUT2D eigenvalue weighted by Crippen LogP contribution is -2.44. The highest BCUT2D eigenvalue weighted by Crippen LogP contribution is 2.40. The van der Waals surface area contributed by atoms with Crippen LogP contribution in [0.15, 0.2) is 0 Å². The molecule has 0 aromatic carbocycles. The average molecular weight is 641 g/mol. The lowest BCUT2D eigenvalue weighted by molar-refractivity contribution is -0.171. The van der Waals surface area contributed by atoms with Gasteiger partial charge in [0.25, 0.3) is 0 Å². The van der Waals surface area contributed by atoms with Crippen molar-refractivity contribution in [2.75, 3.05) is 28.4 Å². The van der Waals surface area contributed by atoms with Crippen LogP contribution in [0.25, 0.3) is 0 Å². The van der Waals surface area contributed by atoms with Crippen LogP contribution in [0.3, 0.4) is 0 Å². The molecule has 0 aromatic heterocycles. The molecule has 0 heterocycles. The lowest BCUT2D eigenvalue weighted by atomic mass is 9.73. The van der Waals surface area contributed by atoms with Crippen molar-refractivity contribution < 1.29 is 38.1 Å². The topological polar surface area (TPSA) is 105 Å². The fraction of sp³-hybridized carbons (Fsp3) is 0.892. The van der Waals surface area contributed by atoms with E-state index >= 15 is 0 Å². The third-order valence-electron chi connectivity index (χ3n) is 9.43. The largest absolute Gasteiger partial charge is 0.468 e. The summed E-state index contributed by atoms with van der Waals surface area (Å²) >= 11 is 0. The van der Waals surface area contributed by atoms with Crippen LogP contribution >= 0.6 is 0 Å². The number of carbonyl (C=O) groups excluding carboxylic acids is 4. The second kappa shape index (κ2) is 27.0. The second-order valence-electron chi connectivity index (χ2n) is 12.8. The monoisotopic (exact) mass is 640 g/mol. The Morgan fingerprint density at radius 2 is 0.533 bits per heavy atom. The van der Waals surface area contributed by atoms with E-state index in [2.05, 4.69) is 13.8 Å². The molecule has 0 bridgehead atoms. The van der Waals surface area contributed by atoms with Crippen LogP contribution in [-0.2, 0) is 38.1 Å². The van der Waals surface area contributed by atoms with E-state index in [1.165, 1.54) is 105 Å². The van der Waals surface area contributed by atoms with Gasteiger partial charge in [-0.2, -0.15) is 0 Å². The molecule has 0 saturated heterocycles. The highest BCUT2D eigenvalue weighted by atomic mass is 16.6. The van der Waals surface area contributed by atoms with E-state index in [0.717, 1.165) is 38.5 Å². The molecule has 0 saturated carbocycles. The van der Waals surface area contributed by atoms with Crippen molar-refractivity contribution in [2.45, 2.75) is 174 Å². The first-order valence-corrected chi connectivity index (χ1v) is 18.1. The molecule has 0 aliphatic carbocycles. The molecule has 0 atom stereocenters. The molecule has 264 valence electrons. The molecule has 0 fully saturated rings. The summed E-state index contributed by atoms with van der Waals surface area (Å²) < 4.78 is 20.5. The van der Waals surface area contributed by atoms with Crippen LogP contribution in [0.4, 0.5) is 0 Å². The zero-order chi connectivity index (χ0) is 33.8. The fourth-order valence-electron chi connectivity index (χ4n) is 6.54. The third kappa shape index (κ3) is 16.3. The summed E-state index contributed by atoms with van der Waals surface area (Å²) in [6.45, 7) is 4.44. The lowest BCUT2D eigenvalue weighted by Gasteiger charge is -2.31. The number of rotatable bonds is 30. The van der Waals surface area contributed by atoms with Crippen LogP contribution in [0.1, 0.15) is 174 Å². The number of esters is 4. The van der Waals surface area contributed by atoms with Gasteiger partial charge in [0.1, 0.15) is 0 Å². The average Bonchev–Trinajstić information content (AvgIpc) is 3.06. The summed E-state index contributed by atoms with van der Waals surface area (Å²) in [4.78, 5) is 52.5. The maximum absolute atomic E-state index is 13.1. The SMILES string of the molecule is CCCCCCCCCCCCC(CCCC(CCCCCCCCCCCC)(C(=O)OC)C(=O)OC)(C(=O)OC)C(=O)OC. The maximum Gasteiger partial charge on any atom is 0.323 e. The molecule has 0 aromatic rings. The van der Waals surface area contributed by atoms with Gasteiger partial charge in [0, 0.05) is 0 Å². The third-order valence-corrected chi connectivity index (χ3v) is 9.43. The van der Waals surface area contributed by atoms with Gasteiger partial charge >= 0.3 is 23.9 Å². The van der Waals surface area contributed by atoms with Crippen LogP contribution in [0, 0.1) is 10.8 Å².